The molecule has 0 aliphatic rings. The van der Waals surface area contributed by atoms with Gasteiger partial charge in [-0.05, 0) is 51.0 Å². The van der Waals surface area contributed by atoms with Crippen molar-refractivity contribution in [2.45, 2.75) is 33.8 Å². The molecule has 0 bridgehead atoms. The van der Waals surface area contributed by atoms with Gasteiger partial charge in [0.1, 0.15) is 23.4 Å². The number of ether oxygens (including phenoxy) is 1. The lowest BCUT2D eigenvalue weighted by molar-refractivity contribution is 0.212. The summed E-state index contributed by atoms with van der Waals surface area (Å²) in [6, 6.07) is 3.82. The first-order valence-electron chi connectivity index (χ1n) is 6.45. The molecule has 0 radical (unpaired) electrons. The number of hydrogen-bond acceptors (Lipinski definition) is 3. The number of hydrogen-bond donors (Lipinski definition) is 1. The number of aliphatic hydroxyl groups excluding tert-OH is 1. The highest BCUT2D eigenvalue weighted by Gasteiger charge is 2.24. The molecule has 1 N–H and O–H groups in total. The van der Waals surface area contributed by atoms with Crippen LogP contribution >= 0.6 is 15.9 Å². The third-order valence-corrected chi connectivity index (χ3v) is 4.55. The second-order valence-electron chi connectivity index (χ2n) is 5.00. The highest BCUT2D eigenvalue weighted by Crippen LogP contribution is 2.37. The molecule has 0 saturated carbocycles. The average Bonchev–Trinajstić information content (AvgIpc) is 2.65. The van der Waals surface area contributed by atoms with Gasteiger partial charge < -0.3 is 14.3 Å². The van der Waals surface area contributed by atoms with Crippen LogP contribution in [0.1, 0.15) is 39.9 Å². The number of benzene rings is 1. The summed E-state index contributed by atoms with van der Waals surface area (Å²) in [4.78, 5) is 0. The zero-order chi connectivity index (χ0) is 15.0. The first kappa shape index (κ1) is 15.1. The summed E-state index contributed by atoms with van der Waals surface area (Å²) in [5.74, 6) is 2.25. The van der Waals surface area contributed by atoms with Gasteiger partial charge in [0.15, 0.2) is 0 Å². The molecule has 0 amide bonds. The van der Waals surface area contributed by atoms with Gasteiger partial charge in [-0.1, -0.05) is 15.9 Å². The number of furan rings is 1. The number of aliphatic hydroxyl groups is 1. The minimum absolute atomic E-state index is 0.677. The van der Waals surface area contributed by atoms with Crippen LogP contribution in [0.5, 0.6) is 5.75 Å². The van der Waals surface area contributed by atoms with E-state index in [1.807, 2.05) is 39.8 Å². The average molecular weight is 339 g/mol. The lowest BCUT2D eigenvalue weighted by Crippen LogP contribution is -2.05. The fourth-order valence-corrected chi connectivity index (χ4v) is 2.79. The van der Waals surface area contributed by atoms with Gasteiger partial charge in [-0.15, -0.1) is 0 Å². The Morgan fingerprint density at radius 3 is 2.30 bits per heavy atom. The van der Waals surface area contributed by atoms with Crippen LogP contribution in [-0.2, 0) is 0 Å². The van der Waals surface area contributed by atoms with E-state index >= 15 is 0 Å². The molecule has 0 aliphatic heterocycles. The zero-order valence-corrected chi connectivity index (χ0v) is 14.0. The van der Waals surface area contributed by atoms with Crippen molar-refractivity contribution in [1.82, 2.24) is 0 Å². The molecule has 4 heteroatoms. The second kappa shape index (κ2) is 5.62. The molecule has 1 aromatic carbocycles. The summed E-state index contributed by atoms with van der Waals surface area (Å²) < 4.78 is 11.9. The van der Waals surface area contributed by atoms with Crippen molar-refractivity contribution >= 4 is 15.9 Å². The SMILES string of the molecule is COc1cc(C)c(Br)cc1C(O)c1c(C)oc(C)c1C. The Hall–Kier alpha value is -1.26. The van der Waals surface area contributed by atoms with Gasteiger partial charge in [0.25, 0.3) is 0 Å². The third kappa shape index (κ3) is 2.50. The number of methoxy groups -OCH3 is 1. The lowest BCUT2D eigenvalue weighted by Gasteiger charge is -2.17. The molecule has 1 heterocycles. The van der Waals surface area contributed by atoms with E-state index in [2.05, 4.69) is 15.9 Å². The quantitative estimate of drug-likeness (QED) is 0.903. The van der Waals surface area contributed by atoms with E-state index in [4.69, 9.17) is 9.15 Å². The molecule has 0 saturated heterocycles. The molecule has 0 spiro atoms. The maximum atomic E-state index is 10.7. The smallest absolute Gasteiger partial charge is 0.125 e. The van der Waals surface area contributed by atoms with Gasteiger partial charge in [0, 0.05) is 15.6 Å². The summed E-state index contributed by atoms with van der Waals surface area (Å²) in [5.41, 5.74) is 3.59. The summed E-state index contributed by atoms with van der Waals surface area (Å²) in [7, 11) is 1.61. The summed E-state index contributed by atoms with van der Waals surface area (Å²) in [6.45, 7) is 7.72. The standard InChI is InChI=1S/C16H19BrO3/c1-8-6-14(19-5)12(7-13(8)17)16(18)15-9(2)10(3)20-11(15)4/h6-7,16,18H,1-5H3. The molecular formula is C16H19BrO3. The first-order valence-corrected chi connectivity index (χ1v) is 7.24. The fraction of sp³-hybridized carbons (Fsp3) is 0.375. The lowest BCUT2D eigenvalue weighted by atomic mass is 9.96. The molecule has 2 aromatic rings. The van der Waals surface area contributed by atoms with Crippen LogP contribution in [0, 0.1) is 27.7 Å². The maximum absolute atomic E-state index is 10.7. The topological polar surface area (TPSA) is 42.6 Å². The maximum Gasteiger partial charge on any atom is 0.125 e. The molecule has 1 aromatic heterocycles. The molecule has 3 nitrogen and oxygen atoms in total. The van der Waals surface area contributed by atoms with Gasteiger partial charge in [-0.3, -0.25) is 0 Å². The molecule has 0 fully saturated rings. The largest absolute Gasteiger partial charge is 0.496 e. The third-order valence-electron chi connectivity index (χ3n) is 3.70. The monoisotopic (exact) mass is 338 g/mol. The van der Waals surface area contributed by atoms with E-state index in [-0.39, 0.29) is 0 Å². The number of halogens is 1. The van der Waals surface area contributed by atoms with Crippen LogP contribution in [0.2, 0.25) is 0 Å². The van der Waals surface area contributed by atoms with Crippen LogP contribution < -0.4 is 4.74 Å². The van der Waals surface area contributed by atoms with Crippen molar-refractivity contribution in [2.75, 3.05) is 7.11 Å². The molecule has 20 heavy (non-hydrogen) atoms. The van der Waals surface area contributed by atoms with Gasteiger partial charge in [-0.25, -0.2) is 0 Å². The van der Waals surface area contributed by atoms with Gasteiger partial charge >= 0.3 is 0 Å². The van der Waals surface area contributed by atoms with E-state index in [0.717, 1.165) is 38.2 Å². The summed E-state index contributed by atoms with van der Waals surface area (Å²) >= 11 is 3.50. The van der Waals surface area contributed by atoms with E-state index < -0.39 is 6.10 Å². The predicted molar refractivity (Wildman–Crippen MR) is 82.4 cm³/mol. The summed E-state index contributed by atoms with van der Waals surface area (Å²) in [6.07, 6.45) is -0.765. The minimum Gasteiger partial charge on any atom is -0.496 e. The minimum atomic E-state index is -0.765. The van der Waals surface area contributed by atoms with Crippen LogP contribution in [0.15, 0.2) is 21.0 Å². The molecule has 2 rings (SSSR count). The number of aryl methyl sites for hydroxylation is 3. The van der Waals surface area contributed by atoms with Crippen molar-refractivity contribution in [3.63, 3.8) is 0 Å². The summed E-state index contributed by atoms with van der Waals surface area (Å²) in [5, 5.41) is 10.7. The van der Waals surface area contributed by atoms with Crippen LogP contribution in [0.25, 0.3) is 0 Å². The van der Waals surface area contributed by atoms with Crippen molar-refractivity contribution < 1.29 is 14.3 Å². The predicted octanol–water partition coefficient (Wildman–Crippen LogP) is 4.37. The Bertz CT molecular complexity index is 644. The van der Waals surface area contributed by atoms with Gasteiger partial charge in [0.05, 0.1) is 7.11 Å². The highest BCUT2D eigenvalue weighted by molar-refractivity contribution is 9.10. The van der Waals surface area contributed by atoms with Crippen molar-refractivity contribution in [2.24, 2.45) is 0 Å². The Balaban J connectivity index is 2.58. The van der Waals surface area contributed by atoms with Crippen LogP contribution in [0.3, 0.4) is 0 Å². The van der Waals surface area contributed by atoms with Crippen LogP contribution in [-0.4, -0.2) is 12.2 Å². The van der Waals surface area contributed by atoms with Gasteiger partial charge in [0.2, 0.25) is 0 Å². The highest BCUT2D eigenvalue weighted by atomic mass is 79.9. The molecule has 1 atom stereocenters. The molecule has 108 valence electrons. The Kier molecular flexibility index (Phi) is 4.25. The fourth-order valence-electron chi connectivity index (χ4n) is 2.43. The van der Waals surface area contributed by atoms with Crippen molar-refractivity contribution in [3.8, 4) is 5.75 Å². The van der Waals surface area contributed by atoms with E-state index in [1.165, 1.54) is 0 Å². The van der Waals surface area contributed by atoms with Gasteiger partial charge in [-0.2, -0.15) is 0 Å². The second-order valence-corrected chi connectivity index (χ2v) is 5.85. The normalized spacial score (nSPS) is 12.6. The molecular weight excluding hydrogens is 320 g/mol. The Morgan fingerprint density at radius 1 is 1.15 bits per heavy atom. The zero-order valence-electron chi connectivity index (χ0n) is 12.4. The van der Waals surface area contributed by atoms with E-state index in [0.29, 0.717) is 5.75 Å². The van der Waals surface area contributed by atoms with E-state index in [9.17, 15) is 5.11 Å². The molecule has 1 unspecified atom stereocenters. The van der Waals surface area contributed by atoms with Crippen molar-refractivity contribution in [3.05, 3.63) is 50.4 Å². The molecule has 0 aliphatic carbocycles. The number of rotatable bonds is 3. The van der Waals surface area contributed by atoms with Crippen molar-refractivity contribution in [1.29, 1.82) is 0 Å². The van der Waals surface area contributed by atoms with E-state index in [1.54, 1.807) is 7.11 Å². The van der Waals surface area contributed by atoms with Crippen LogP contribution in [0.4, 0.5) is 0 Å². The Morgan fingerprint density at radius 2 is 1.80 bits per heavy atom. The first-order chi connectivity index (χ1) is 9.36. The Labute approximate surface area is 127 Å².